The summed E-state index contributed by atoms with van der Waals surface area (Å²) in [5.41, 5.74) is 14.8. The SMILES string of the molecule is NC(=O)c1cc(F)cc2c1-n1ncc(C3CCNCC3)c1C2(F)F.NC(=O)c1cccc2c1-n1nc(C3CCNCC3)cc1C2. The van der Waals surface area contributed by atoms with Crippen LogP contribution >= 0.6 is 0 Å². The number of rotatable bonds is 4. The van der Waals surface area contributed by atoms with Gasteiger partial charge in [0.1, 0.15) is 11.5 Å². The number of para-hydroxylation sites is 1. The predicted molar refractivity (Wildman–Crippen MR) is 160 cm³/mol. The van der Waals surface area contributed by atoms with Crippen molar-refractivity contribution >= 4 is 11.8 Å². The maximum Gasteiger partial charge on any atom is 0.317 e. The summed E-state index contributed by atoms with van der Waals surface area (Å²) in [6.07, 6.45) is 5.95. The molecule has 2 fully saturated rings. The highest BCUT2D eigenvalue weighted by atomic mass is 19.3. The molecule has 234 valence electrons. The standard InChI is InChI=1S/C16H15F3N4O.C16H18N4O/c17-9-5-10(15(20)24)13-12(6-9)16(18,19)14-11(7-22-23(13)14)8-1-3-21-4-2-8;17-16(21)13-3-1-2-11-8-12-9-14(19-20(12)15(11)13)10-4-6-18-7-5-10/h5-8,21H,1-4H2,(H2,20,24);1-3,9-10,18H,4-8H2,(H2,17,21). The zero-order chi connectivity index (χ0) is 31.5. The lowest BCUT2D eigenvalue weighted by molar-refractivity contribution is 0.0422. The number of nitrogens with zero attached hydrogens (tertiary/aromatic N) is 4. The summed E-state index contributed by atoms with van der Waals surface area (Å²) in [5.74, 6) is -5.22. The largest absolute Gasteiger partial charge is 0.366 e. The predicted octanol–water partition coefficient (Wildman–Crippen LogP) is 3.37. The number of amides is 2. The van der Waals surface area contributed by atoms with Crippen LogP contribution < -0.4 is 22.1 Å². The Hall–Kier alpha value is -4.49. The number of nitrogens with two attached hydrogens (primary N) is 2. The van der Waals surface area contributed by atoms with Gasteiger partial charge < -0.3 is 22.1 Å². The number of hydrogen-bond donors (Lipinski definition) is 4. The second-order valence-electron chi connectivity index (χ2n) is 12.0. The highest BCUT2D eigenvalue weighted by molar-refractivity contribution is 5.98. The van der Waals surface area contributed by atoms with Crippen molar-refractivity contribution in [3.63, 3.8) is 0 Å². The Morgan fingerprint density at radius 1 is 0.867 bits per heavy atom. The van der Waals surface area contributed by atoms with E-state index in [0.717, 1.165) is 97.7 Å². The molecule has 4 aliphatic heterocycles. The van der Waals surface area contributed by atoms with Gasteiger partial charge in [-0.2, -0.15) is 19.0 Å². The van der Waals surface area contributed by atoms with Crippen LogP contribution in [0.25, 0.3) is 11.4 Å². The number of primary amides is 2. The number of halogens is 3. The summed E-state index contributed by atoms with van der Waals surface area (Å²) < 4.78 is 46.7. The van der Waals surface area contributed by atoms with E-state index in [2.05, 4.69) is 21.8 Å². The van der Waals surface area contributed by atoms with Crippen molar-refractivity contribution in [3.8, 4) is 11.4 Å². The number of alkyl halides is 2. The Balaban J connectivity index is 0.000000146. The van der Waals surface area contributed by atoms with Gasteiger partial charge in [-0.25, -0.2) is 13.8 Å². The van der Waals surface area contributed by atoms with Crippen LogP contribution in [-0.2, 0) is 12.3 Å². The number of benzene rings is 2. The number of carbonyl (C=O) groups excluding carboxylic acids is 2. The zero-order valence-electron chi connectivity index (χ0n) is 24.5. The molecule has 2 saturated heterocycles. The van der Waals surface area contributed by atoms with Crippen LogP contribution in [0.15, 0.2) is 42.6 Å². The minimum atomic E-state index is -3.42. The van der Waals surface area contributed by atoms with Crippen LogP contribution in [0.5, 0.6) is 0 Å². The van der Waals surface area contributed by atoms with Crippen molar-refractivity contribution in [2.45, 2.75) is 49.9 Å². The Morgan fingerprint density at radius 2 is 1.53 bits per heavy atom. The van der Waals surface area contributed by atoms with E-state index < -0.39 is 29.1 Å². The molecule has 0 spiro atoms. The molecule has 0 atom stereocenters. The van der Waals surface area contributed by atoms with Gasteiger partial charge in [-0.3, -0.25) is 9.59 Å². The molecule has 13 heteroatoms. The molecule has 2 amide bonds. The van der Waals surface area contributed by atoms with E-state index in [9.17, 15) is 14.0 Å². The van der Waals surface area contributed by atoms with Crippen molar-refractivity contribution in [1.82, 2.24) is 30.2 Å². The van der Waals surface area contributed by atoms with E-state index >= 15 is 8.78 Å². The smallest absolute Gasteiger partial charge is 0.317 e. The highest BCUT2D eigenvalue weighted by Gasteiger charge is 2.50. The summed E-state index contributed by atoms with van der Waals surface area (Å²) >= 11 is 0. The van der Waals surface area contributed by atoms with Gasteiger partial charge in [-0.05, 0) is 87.6 Å². The summed E-state index contributed by atoms with van der Waals surface area (Å²) in [4.78, 5) is 23.3. The van der Waals surface area contributed by atoms with Gasteiger partial charge in [0.2, 0.25) is 0 Å². The summed E-state index contributed by atoms with van der Waals surface area (Å²) in [6.45, 7) is 3.59. The van der Waals surface area contributed by atoms with E-state index in [1.54, 1.807) is 6.07 Å². The summed E-state index contributed by atoms with van der Waals surface area (Å²) in [6, 6.07) is 9.53. The number of hydrogen-bond acceptors (Lipinski definition) is 6. The van der Waals surface area contributed by atoms with Gasteiger partial charge in [0.15, 0.2) is 0 Å². The van der Waals surface area contributed by atoms with Crippen molar-refractivity contribution in [2.75, 3.05) is 26.2 Å². The van der Waals surface area contributed by atoms with E-state index in [1.165, 1.54) is 6.20 Å². The van der Waals surface area contributed by atoms with Gasteiger partial charge in [0, 0.05) is 23.6 Å². The lowest BCUT2D eigenvalue weighted by Gasteiger charge is -2.23. The molecule has 45 heavy (non-hydrogen) atoms. The van der Waals surface area contributed by atoms with Gasteiger partial charge in [-0.1, -0.05) is 12.1 Å². The van der Waals surface area contributed by atoms with Gasteiger partial charge in [0.05, 0.1) is 40.0 Å². The maximum atomic E-state index is 15.0. The zero-order valence-corrected chi connectivity index (χ0v) is 24.5. The van der Waals surface area contributed by atoms with E-state index in [4.69, 9.17) is 16.6 Å². The highest BCUT2D eigenvalue weighted by Crippen LogP contribution is 2.50. The second kappa shape index (κ2) is 11.1. The average molecular weight is 619 g/mol. The lowest BCUT2D eigenvalue weighted by Crippen LogP contribution is -2.27. The number of aromatic nitrogens is 4. The summed E-state index contributed by atoms with van der Waals surface area (Å²) in [5, 5.41) is 15.4. The molecule has 0 radical (unpaired) electrons. The van der Waals surface area contributed by atoms with Crippen LogP contribution in [0.1, 0.15) is 92.0 Å². The number of piperidine rings is 2. The topological polar surface area (TPSA) is 146 Å². The van der Waals surface area contributed by atoms with Crippen molar-refractivity contribution < 1.29 is 22.8 Å². The second-order valence-corrected chi connectivity index (χ2v) is 12.0. The van der Waals surface area contributed by atoms with Crippen molar-refractivity contribution in [3.05, 3.63) is 93.3 Å². The van der Waals surface area contributed by atoms with Crippen LogP contribution in [0.4, 0.5) is 13.2 Å². The minimum Gasteiger partial charge on any atom is -0.366 e. The Labute approximate surface area is 257 Å². The van der Waals surface area contributed by atoms with E-state index in [1.807, 2.05) is 16.8 Å². The third-order valence-electron chi connectivity index (χ3n) is 9.29. The average Bonchev–Trinajstić information content (AvgIpc) is 3.78. The lowest BCUT2D eigenvalue weighted by atomic mass is 9.88. The van der Waals surface area contributed by atoms with Crippen molar-refractivity contribution in [1.29, 1.82) is 0 Å². The van der Waals surface area contributed by atoms with Crippen LogP contribution in [-0.4, -0.2) is 57.6 Å². The molecule has 4 aromatic rings. The quantitative estimate of drug-likeness (QED) is 0.243. The molecule has 6 heterocycles. The molecule has 0 saturated carbocycles. The summed E-state index contributed by atoms with van der Waals surface area (Å²) in [7, 11) is 0. The van der Waals surface area contributed by atoms with E-state index in [-0.39, 0.29) is 22.9 Å². The fourth-order valence-electron chi connectivity index (χ4n) is 7.11. The minimum absolute atomic E-state index is 0.0444. The van der Waals surface area contributed by atoms with Crippen LogP contribution in [0, 0.1) is 5.82 Å². The van der Waals surface area contributed by atoms with Crippen LogP contribution in [0.2, 0.25) is 0 Å². The monoisotopic (exact) mass is 618 g/mol. The Morgan fingerprint density at radius 3 is 2.20 bits per heavy atom. The normalized spacial score (nSPS) is 18.4. The molecule has 2 aromatic carbocycles. The van der Waals surface area contributed by atoms with Gasteiger partial charge >= 0.3 is 5.92 Å². The Kier molecular flexibility index (Phi) is 7.24. The first-order valence-corrected chi connectivity index (χ1v) is 15.2. The van der Waals surface area contributed by atoms with Crippen molar-refractivity contribution in [2.24, 2.45) is 11.5 Å². The number of nitrogens with one attached hydrogen (secondary N) is 2. The molecule has 8 rings (SSSR count). The number of fused-ring (bicyclic) bond motifs is 6. The molecular formula is C32H33F3N8O2. The Bertz CT molecular complexity index is 1820. The third-order valence-corrected chi connectivity index (χ3v) is 9.29. The third kappa shape index (κ3) is 4.90. The fourth-order valence-corrected chi connectivity index (χ4v) is 7.11. The molecule has 6 N–H and O–H groups in total. The molecule has 0 bridgehead atoms. The van der Waals surface area contributed by atoms with E-state index in [0.29, 0.717) is 17.0 Å². The van der Waals surface area contributed by atoms with Crippen LogP contribution in [0.3, 0.4) is 0 Å². The van der Waals surface area contributed by atoms with Gasteiger partial charge in [0.25, 0.3) is 11.8 Å². The number of carbonyl (C=O) groups is 2. The molecule has 0 aliphatic carbocycles. The first kappa shape index (κ1) is 29.2. The first-order valence-electron chi connectivity index (χ1n) is 15.2. The molecule has 2 aromatic heterocycles. The molecular weight excluding hydrogens is 585 g/mol. The molecule has 10 nitrogen and oxygen atoms in total. The molecule has 4 aliphatic rings. The van der Waals surface area contributed by atoms with Gasteiger partial charge in [-0.15, -0.1) is 0 Å². The molecule has 0 unspecified atom stereocenters. The fraction of sp³-hybridized carbons (Fsp3) is 0.375. The first-order chi connectivity index (χ1) is 21.6. The maximum absolute atomic E-state index is 15.0.